The first-order chi connectivity index (χ1) is 9.58. The predicted octanol–water partition coefficient (Wildman–Crippen LogP) is 2.08. The number of carbonyl (C=O) groups excluding carboxylic acids is 2. The van der Waals surface area contributed by atoms with E-state index in [9.17, 15) is 9.59 Å². The zero-order valence-electron chi connectivity index (χ0n) is 11.1. The maximum absolute atomic E-state index is 11.7. The highest BCUT2D eigenvalue weighted by molar-refractivity contribution is 7.71. The van der Waals surface area contributed by atoms with Crippen molar-refractivity contribution in [3.63, 3.8) is 0 Å². The van der Waals surface area contributed by atoms with E-state index in [1.165, 1.54) is 0 Å². The molecule has 2 rings (SSSR count). The number of rotatable bonds is 5. The first-order valence-electron chi connectivity index (χ1n) is 6.37. The largest absolute Gasteiger partial charge is 0.347 e. The van der Waals surface area contributed by atoms with Crippen molar-refractivity contribution in [2.75, 3.05) is 11.9 Å². The van der Waals surface area contributed by atoms with Crippen molar-refractivity contribution in [3.8, 4) is 0 Å². The monoisotopic (exact) mass is 292 g/mol. The maximum atomic E-state index is 11.7. The average molecular weight is 292 g/mol. The molecule has 0 unspecified atom stereocenters. The molecule has 6 nitrogen and oxygen atoms in total. The molecule has 0 atom stereocenters. The average Bonchev–Trinajstić information content (AvgIpc) is 2.76. The summed E-state index contributed by atoms with van der Waals surface area (Å²) in [5.41, 5.74) is 2.35. The fraction of sp³-hybridized carbons (Fsp3) is 0.308. The Bertz CT molecular complexity index is 689. The van der Waals surface area contributed by atoms with Gasteiger partial charge in [-0.3, -0.25) is 9.59 Å². The minimum Gasteiger partial charge on any atom is -0.347 e. The third-order valence-corrected chi connectivity index (χ3v) is 2.93. The van der Waals surface area contributed by atoms with E-state index in [1.807, 2.05) is 13.0 Å². The molecule has 2 aromatic rings. The first-order valence-corrected chi connectivity index (χ1v) is 6.78. The van der Waals surface area contributed by atoms with Gasteiger partial charge in [-0.15, -0.1) is 0 Å². The van der Waals surface area contributed by atoms with Crippen molar-refractivity contribution in [3.05, 3.63) is 23.0 Å². The summed E-state index contributed by atoms with van der Waals surface area (Å²) in [6.45, 7) is 1.88. The van der Waals surface area contributed by atoms with Crippen molar-refractivity contribution in [2.45, 2.75) is 19.8 Å². The van der Waals surface area contributed by atoms with Gasteiger partial charge in [-0.05, 0) is 36.8 Å². The summed E-state index contributed by atoms with van der Waals surface area (Å²) in [6.07, 6.45) is 1.19. The van der Waals surface area contributed by atoms with E-state index in [4.69, 9.17) is 12.2 Å². The van der Waals surface area contributed by atoms with Crippen LogP contribution in [-0.4, -0.2) is 28.3 Å². The van der Waals surface area contributed by atoms with Crippen LogP contribution in [0.1, 0.15) is 19.8 Å². The van der Waals surface area contributed by atoms with Gasteiger partial charge < -0.3 is 20.6 Å². The third-order valence-electron chi connectivity index (χ3n) is 2.72. The normalized spacial score (nSPS) is 10.4. The molecule has 0 spiro atoms. The second kappa shape index (κ2) is 6.33. The lowest BCUT2D eigenvalue weighted by molar-refractivity contribution is -0.124. The number of H-pyrrole nitrogens is 2. The number of aromatic amines is 2. The van der Waals surface area contributed by atoms with E-state index >= 15 is 0 Å². The Morgan fingerprint density at radius 3 is 2.70 bits per heavy atom. The molecular weight excluding hydrogens is 276 g/mol. The van der Waals surface area contributed by atoms with Crippen LogP contribution in [0.15, 0.2) is 18.2 Å². The molecule has 1 aromatic carbocycles. The summed E-state index contributed by atoms with van der Waals surface area (Å²) in [5.74, 6) is -0.379. The SMILES string of the molecule is CCCC(=O)NCC(=O)Nc1ccc2[nH]c(=S)[nH]c2c1. The lowest BCUT2D eigenvalue weighted by Crippen LogP contribution is -2.32. The molecule has 7 heteroatoms. The van der Waals surface area contributed by atoms with Crippen molar-refractivity contribution in [2.24, 2.45) is 0 Å². The molecular formula is C13H16N4O2S. The van der Waals surface area contributed by atoms with Crippen LogP contribution in [0.5, 0.6) is 0 Å². The van der Waals surface area contributed by atoms with Gasteiger partial charge in [0.05, 0.1) is 17.6 Å². The van der Waals surface area contributed by atoms with Gasteiger partial charge in [-0.1, -0.05) is 6.92 Å². The predicted molar refractivity (Wildman–Crippen MR) is 80.0 cm³/mol. The Balaban J connectivity index is 1.95. The Morgan fingerprint density at radius 2 is 1.95 bits per heavy atom. The summed E-state index contributed by atoms with van der Waals surface area (Å²) in [5, 5.41) is 5.28. The fourth-order valence-corrected chi connectivity index (χ4v) is 2.03. The molecule has 1 heterocycles. The van der Waals surface area contributed by atoms with Crippen LogP contribution in [0.3, 0.4) is 0 Å². The molecule has 0 aliphatic carbocycles. The number of benzene rings is 1. The molecule has 0 aliphatic rings. The molecule has 2 amide bonds. The van der Waals surface area contributed by atoms with Crippen LogP contribution in [0.2, 0.25) is 0 Å². The zero-order valence-corrected chi connectivity index (χ0v) is 11.9. The summed E-state index contributed by atoms with van der Waals surface area (Å²) >= 11 is 4.99. The number of imidazole rings is 1. The summed E-state index contributed by atoms with van der Waals surface area (Å²) in [6, 6.07) is 5.38. The Morgan fingerprint density at radius 1 is 1.20 bits per heavy atom. The highest BCUT2D eigenvalue weighted by Gasteiger charge is 2.06. The molecule has 0 aliphatic heterocycles. The number of aromatic nitrogens is 2. The quantitative estimate of drug-likeness (QED) is 0.636. The van der Waals surface area contributed by atoms with E-state index in [0.29, 0.717) is 16.9 Å². The van der Waals surface area contributed by atoms with Crippen molar-refractivity contribution in [1.82, 2.24) is 15.3 Å². The molecule has 106 valence electrons. The van der Waals surface area contributed by atoms with Gasteiger partial charge >= 0.3 is 0 Å². The smallest absolute Gasteiger partial charge is 0.243 e. The number of amides is 2. The number of fused-ring (bicyclic) bond motifs is 1. The van der Waals surface area contributed by atoms with Gasteiger partial charge in [0, 0.05) is 12.1 Å². The number of hydrogen-bond acceptors (Lipinski definition) is 3. The van der Waals surface area contributed by atoms with Gasteiger partial charge in [0.1, 0.15) is 0 Å². The molecule has 0 saturated carbocycles. The van der Waals surface area contributed by atoms with Crippen LogP contribution >= 0.6 is 12.2 Å². The highest BCUT2D eigenvalue weighted by Crippen LogP contribution is 2.15. The lowest BCUT2D eigenvalue weighted by Gasteiger charge is -2.06. The standard InChI is InChI=1S/C13H16N4O2S/c1-2-3-11(18)14-7-12(19)15-8-4-5-9-10(6-8)17-13(20)16-9/h4-6H,2-3,7H2,1H3,(H,14,18)(H,15,19)(H2,16,17,20). The van der Waals surface area contributed by atoms with E-state index in [-0.39, 0.29) is 18.4 Å². The fourth-order valence-electron chi connectivity index (χ4n) is 1.81. The third kappa shape index (κ3) is 3.67. The molecule has 0 bridgehead atoms. The van der Waals surface area contributed by atoms with Gasteiger partial charge in [-0.25, -0.2) is 0 Å². The van der Waals surface area contributed by atoms with E-state index < -0.39 is 0 Å². The van der Waals surface area contributed by atoms with Crippen molar-refractivity contribution in [1.29, 1.82) is 0 Å². The first kappa shape index (κ1) is 14.3. The highest BCUT2D eigenvalue weighted by atomic mass is 32.1. The van der Waals surface area contributed by atoms with E-state index in [1.54, 1.807) is 12.1 Å². The van der Waals surface area contributed by atoms with Gasteiger partial charge in [0.2, 0.25) is 11.8 Å². The Hall–Kier alpha value is -2.15. The maximum Gasteiger partial charge on any atom is 0.243 e. The van der Waals surface area contributed by atoms with E-state index in [0.717, 1.165) is 17.5 Å². The van der Waals surface area contributed by atoms with E-state index in [2.05, 4.69) is 20.6 Å². The van der Waals surface area contributed by atoms with Crippen LogP contribution in [0.4, 0.5) is 5.69 Å². The molecule has 20 heavy (non-hydrogen) atoms. The lowest BCUT2D eigenvalue weighted by atomic mass is 10.2. The second-order valence-electron chi connectivity index (χ2n) is 4.41. The molecule has 0 radical (unpaired) electrons. The second-order valence-corrected chi connectivity index (χ2v) is 4.82. The van der Waals surface area contributed by atoms with Gasteiger partial charge in [-0.2, -0.15) is 0 Å². The van der Waals surface area contributed by atoms with Crippen LogP contribution in [-0.2, 0) is 9.59 Å². The van der Waals surface area contributed by atoms with Gasteiger partial charge in [0.25, 0.3) is 0 Å². The van der Waals surface area contributed by atoms with Crippen LogP contribution in [0.25, 0.3) is 11.0 Å². The van der Waals surface area contributed by atoms with Gasteiger partial charge in [0.15, 0.2) is 4.77 Å². The molecule has 1 aromatic heterocycles. The van der Waals surface area contributed by atoms with Crippen molar-refractivity contribution >= 4 is 40.8 Å². The van der Waals surface area contributed by atoms with Crippen LogP contribution in [0, 0.1) is 4.77 Å². The number of nitrogens with one attached hydrogen (secondary N) is 4. The molecule has 0 saturated heterocycles. The molecule has 0 fully saturated rings. The summed E-state index contributed by atoms with van der Waals surface area (Å²) < 4.78 is 0.537. The molecule has 4 N–H and O–H groups in total. The zero-order chi connectivity index (χ0) is 14.5. The number of hydrogen-bond donors (Lipinski definition) is 4. The Kier molecular flexibility index (Phi) is 4.52. The minimum atomic E-state index is -0.261. The Labute approximate surface area is 121 Å². The minimum absolute atomic E-state index is 0.0278. The number of anilines is 1. The number of carbonyl (C=O) groups is 2. The van der Waals surface area contributed by atoms with Crippen molar-refractivity contribution < 1.29 is 9.59 Å². The topological polar surface area (TPSA) is 89.8 Å². The summed E-state index contributed by atoms with van der Waals surface area (Å²) in [7, 11) is 0. The van der Waals surface area contributed by atoms with Crippen LogP contribution < -0.4 is 10.6 Å². The summed E-state index contributed by atoms with van der Waals surface area (Å²) in [4.78, 5) is 28.9.